The molecule has 2 aromatic heterocycles. The first-order valence-corrected chi connectivity index (χ1v) is 7.76. The van der Waals surface area contributed by atoms with Gasteiger partial charge in [0.25, 0.3) is 0 Å². The molecule has 0 aliphatic carbocycles. The van der Waals surface area contributed by atoms with Gasteiger partial charge in [-0.1, -0.05) is 0 Å². The molecule has 0 saturated carbocycles. The number of aryl methyl sites for hydroxylation is 1. The zero-order chi connectivity index (χ0) is 14.8. The van der Waals surface area contributed by atoms with E-state index < -0.39 is 0 Å². The minimum Gasteiger partial charge on any atom is -0.384 e. The van der Waals surface area contributed by atoms with Crippen molar-refractivity contribution in [2.45, 2.75) is 6.92 Å². The second kappa shape index (κ2) is 5.89. The Balaban J connectivity index is 1.68. The third-order valence-corrected chi connectivity index (χ3v) is 4.17. The van der Waals surface area contributed by atoms with Gasteiger partial charge in [-0.25, -0.2) is 9.97 Å². The Morgan fingerprint density at radius 1 is 1.05 bits per heavy atom. The molecular weight excluding hydrogens is 330 g/mol. The molecule has 0 unspecified atom stereocenters. The van der Waals surface area contributed by atoms with Crippen molar-refractivity contribution in [2.24, 2.45) is 0 Å². The predicted octanol–water partition coefficient (Wildman–Crippen LogP) is 2.46. The number of anilines is 3. The maximum Gasteiger partial charge on any atom is 0.131 e. The standard InChI is InChI=1S/C15H18BrN5/c1-11-8-12(16)9-19-15(11)21-6-4-20(5-7-21)13-2-3-14(17)18-10-13/h2-3,8-10H,4-7H2,1H3,(H2,17,18). The van der Waals surface area contributed by atoms with Crippen LogP contribution in [0.25, 0.3) is 0 Å². The summed E-state index contributed by atoms with van der Waals surface area (Å²) in [5, 5.41) is 0. The number of hydrogen-bond acceptors (Lipinski definition) is 5. The number of nitrogens with zero attached hydrogens (tertiary/aromatic N) is 4. The van der Waals surface area contributed by atoms with Gasteiger partial charge in [0.1, 0.15) is 11.6 Å². The van der Waals surface area contributed by atoms with Crippen molar-refractivity contribution in [3.05, 3.63) is 40.6 Å². The SMILES string of the molecule is Cc1cc(Br)cnc1N1CCN(c2ccc(N)nc2)CC1. The van der Waals surface area contributed by atoms with E-state index in [0.717, 1.165) is 42.2 Å². The van der Waals surface area contributed by atoms with Crippen LogP contribution in [0.3, 0.4) is 0 Å². The number of piperazine rings is 1. The first kappa shape index (κ1) is 14.1. The molecule has 0 bridgehead atoms. The van der Waals surface area contributed by atoms with Gasteiger partial charge in [-0.3, -0.25) is 0 Å². The van der Waals surface area contributed by atoms with Crippen molar-refractivity contribution < 1.29 is 0 Å². The number of nitrogen functional groups attached to an aromatic ring is 1. The fraction of sp³-hybridized carbons (Fsp3) is 0.333. The molecule has 0 radical (unpaired) electrons. The molecule has 1 aliphatic heterocycles. The fourth-order valence-corrected chi connectivity index (χ4v) is 3.07. The van der Waals surface area contributed by atoms with Gasteiger partial charge in [0.2, 0.25) is 0 Å². The van der Waals surface area contributed by atoms with E-state index in [0.29, 0.717) is 5.82 Å². The van der Waals surface area contributed by atoms with Crippen molar-refractivity contribution in [1.29, 1.82) is 0 Å². The van der Waals surface area contributed by atoms with Crippen LogP contribution < -0.4 is 15.5 Å². The maximum absolute atomic E-state index is 5.63. The average Bonchev–Trinajstić information content (AvgIpc) is 2.48. The molecule has 0 aromatic carbocycles. The summed E-state index contributed by atoms with van der Waals surface area (Å²) < 4.78 is 1.02. The molecule has 0 atom stereocenters. The molecule has 3 rings (SSSR count). The molecule has 0 amide bonds. The summed E-state index contributed by atoms with van der Waals surface area (Å²) in [6, 6.07) is 5.99. The first-order chi connectivity index (χ1) is 10.1. The van der Waals surface area contributed by atoms with Crippen LogP contribution in [0.4, 0.5) is 17.3 Å². The van der Waals surface area contributed by atoms with Crippen LogP contribution in [0.15, 0.2) is 35.1 Å². The Kier molecular flexibility index (Phi) is 3.96. The van der Waals surface area contributed by atoms with E-state index in [1.165, 1.54) is 5.56 Å². The van der Waals surface area contributed by atoms with Crippen LogP contribution in [-0.2, 0) is 0 Å². The Hall–Kier alpha value is -1.82. The molecule has 2 aromatic rings. The van der Waals surface area contributed by atoms with E-state index in [2.05, 4.69) is 48.7 Å². The molecule has 3 heterocycles. The van der Waals surface area contributed by atoms with Gasteiger partial charge in [-0.15, -0.1) is 0 Å². The third kappa shape index (κ3) is 3.10. The lowest BCUT2D eigenvalue weighted by Crippen LogP contribution is -2.47. The lowest BCUT2D eigenvalue weighted by molar-refractivity contribution is 0.645. The lowest BCUT2D eigenvalue weighted by Gasteiger charge is -2.37. The highest BCUT2D eigenvalue weighted by atomic mass is 79.9. The number of pyridine rings is 2. The highest BCUT2D eigenvalue weighted by molar-refractivity contribution is 9.10. The smallest absolute Gasteiger partial charge is 0.131 e. The van der Waals surface area contributed by atoms with Gasteiger partial charge in [-0.05, 0) is 46.6 Å². The fourth-order valence-electron chi connectivity index (χ4n) is 2.63. The van der Waals surface area contributed by atoms with E-state index in [1.807, 2.05) is 24.5 Å². The Morgan fingerprint density at radius 2 is 1.76 bits per heavy atom. The molecule has 6 heteroatoms. The van der Waals surface area contributed by atoms with Crippen LogP contribution in [0.5, 0.6) is 0 Å². The quantitative estimate of drug-likeness (QED) is 0.904. The molecule has 5 nitrogen and oxygen atoms in total. The number of hydrogen-bond donors (Lipinski definition) is 1. The molecule has 1 fully saturated rings. The Bertz CT molecular complexity index is 620. The number of rotatable bonds is 2. The van der Waals surface area contributed by atoms with Gasteiger partial charge < -0.3 is 15.5 Å². The van der Waals surface area contributed by atoms with E-state index in [1.54, 1.807) is 0 Å². The summed E-state index contributed by atoms with van der Waals surface area (Å²) in [5.41, 5.74) is 7.96. The van der Waals surface area contributed by atoms with Crippen LogP contribution >= 0.6 is 15.9 Å². The molecule has 0 spiro atoms. The molecule has 1 aliphatic rings. The van der Waals surface area contributed by atoms with Crippen LogP contribution in [0, 0.1) is 6.92 Å². The maximum atomic E-state index is 5.63. The molecule has 1 saturated heterocycles. The summed E-state index contributed by atoms with van der Waals surface area (Å²) in [4.78, 5) is 13.4. The van der Waals surface area contributed by atoms with E-state index >= 15 is 0 Å². The number of aromatic nitrogens is 2. The van der Waals surface area contributed by atoms with Gasteiger partial charge >= 0.3 is 0 Å². The molecular formula is C15H18BrN5. The Morgan fingerprint density at radius 3 is 2.38 bits per heavy atom. The van der Waals surface area contributed by atoms with Crippen LogP contribution in [0.2, 0.25) is 0 Å². The molecule has 2 N–H and O–H groups in total. The predicted molar refractivity (Wildman–Crippen MR) is 89.7 cm³/mol. The summed E-state index contributed by atoms with van der Waals surface area (Å²) in [6.07, 6.45) is 3.70. The van der Waals surface area contributed by atoms with Crippen molar-refractivity contribution in [1.82, 2.24) is 9.97 Å². The highest BCUT2D eigenvalue weighted by Gasteiger charge is 2.19. The normalized spacial score (nSPS) is 15.3. The van der Waals surface area contributed by atoms with Crippen molar-refractivity contribution in [3.8, 4) is 0 Å². The Labute approximate surface area is 132 Å². The zero-order valence-corrected chi connectivity index (χ0v) is 13.5. The van der Waals surface area contributed by atoms with Gasteiger partial charge in [0.15, 0.2) is 0 Å². The summed E-state index contributed by atoms with van der Waals surface area (Å²) in [7, 11) is 0. The van der Waals surface area contributed by atoms with Crippen molar-refractivity contribution >= 4 is 33.3 Å². The van der Waals surface area contributed by atoms with Crippen LogP contribution in [0.1, 0.15) is 5.56 Å². The average molecular weight is 348 g/mol. The van der Waals surface area contributed by atoms with Gasteiger partial charge in [0.05, 0.1) is 11.9 Å². The van der Waals surface area contributed by atoms with E-state index in [9.17, 15) is 0 Å². The number of halogens is 1. The second-order valence-corrected chi connectivity index (χ2v) is 6.13. The molecule has 21 heavy (non-hydrogen) atoms. The van der Waals surface area contributed by atoms with Gasteiger partial charge in [-0.2, -0.15) is 0 Å². The summed E-state index contributed by atoms with van der Waals surface area (Å²) in [5.74, 6) is 1.64. The molecule has 110 valence electrons. The second-order valence-electron chi connectivity index (χ2n) is 5.21. The van der Waals surface area contributed by atoms with Crippen molar-refractivity contribution in [2.75, 3.05) is 41.7 Å². The summed E-state index contributed by atoms with van der Waals surface area (Å²) in [6.45, 7) is 5.94. The third-order valence-electron chi connectivity index (χ3n) is 3.73. The van der Waals surface area contributed by atoms with Crippen LogP contribution in [-0.4, -0.2) is 36.1 Å². The van der Waals surface area contributed by atoms with E-state index in [4.69, 9.17) is 5.73 Å². The minimum absolute atomic E-state index is 0.562. The minimum atomic E-state index is 0.562. The van der Waals surface area contributed by atoms with Gasteiger partial charge in [0, 0.05) is 36.8 Å². The largest absolute Gasteiger partial charge is 0.384 e. The lowest BCUT2D eigenvalue weighted by atomic mass is 10.2. The summed E-state index contributed by atoms with van der Waals surface area (Å²) >= 11 is 3.46. The monoisotopic (exact) mass is 347 g/mol. The van der Waals surface area contributed by atoms with E-state index in [-0.39, 0.29) is 0 Å². The zero-order valence-electron chi connectivity index (χ0n) is 12.0. The number of nitrogens with two attached hydrogens (primary N) is 1. The first-order valence-electron chi connectivity index (χ1n) is 6.97. The highest BCUT2D eigenvalue weighted by Crippen LogP contribution is 2.23. The van der Waals surface area contributed by atoms with Crippen molar-refractivity contribution in [3.63, 3.8) is 0 Å². The topological polar surface area (TPSA) is 58.3 Å².